The van der Waals surface area contributed by atoms with Gasteiger partial charge in [-0.2, -0.15) is 5.26 Å². The average Bonchev–Trinajstić information content (AvgIpc) is 3.31. The number of amides is 2. The van der Waals surface area contributed by atoms with Crippen LogP contribution in [0.3, 0.4) is 0 Å². The molecule has 4 aromatic rings. The van der Waals surface area contributed by atoms with Gasteiger partial charge in [-0.25, -0.2) is 0 Å². The number of para-hydroxylation sites is 1. The zero-order valence-electron chi connectivity index (χ0n) is 19.3. The highest BCUT2D eigenvalue weighted by atomic mass is 32.2. The Labute approximate surface area is 208 Å². The highest BCUT2D eigenvalue weighted by Crippen LogP contribution is 2.36. The summed E-state index contributed by atoms with van der Waals surface area (Å²) in [5, 5.41) is 10.3. The van der Waals surface area contributed by atoms with Gasteiger partial charge in [-0.3, -0.25) is 14.5 Å². The fourth-order valence-electron chi connectivity index (χ4n) is 4.49. The molecule has 3 aromatic carbocycles. The molecule has 0 aliphatic carbocycles. The summed E-state index contributed by atoms with van der Waals surface area (Å²) < 4.78 is 2.16. The number of fused-ring (bicyclic) bond motifs is 1. The lowest BCUT2D eigenvalue weighted by molar-refractivity contribution is -0.122. The van der Waals surface area contributed by atoms with Crippen molar-refractivity contribution in [2.45, 2.75) is 19.9 Å². The first-order valence-corrected chi connectivity index (χ1v) is 12.2. The second-order valence-electron chi connectivity index (χ2n) is 8.44. The van der Waals surface area contributed by atoms with Gasteiger partial charge in [0.2, 0.25) is 0 Å². The van der Waals surface area contributed by atoms with Crippen LogP contribution < -0.4 is 0 Å². The fraction of sp³-hybridized carbons (Fsp3) is 0.138. The predicted molar refractivity (Wildman–Crippen MR) is 140 cm³/mol. The van der Waals surface area contributed by atoms with Crippen molar-refractivity contribution in [1.29, 1.82) is 5.26 Å². The van der Waals surface area contributed by atoms with E-state index in [4.69, 9.17) is 0 Å². The van der Waals surface area contributed by atoms with Gasteiger partial charge in [0.25, 0.3) is 11.1 Å². The maximum atomic E-state index is 13.1. The van der Waals surface area contributed by atoms with E-state index in [2.05, 4.69) is 10.6 Å². The summed E-state index contributed by atoms with van der Waals surface area (Å²) in [5.74, 6) is -0.248. The van der Waals surface area contributed by atoms with Gasteiger partial charge < -0.3 is 4.57 Å². The molecule has 5 rings (SSSR count). The molecule has 1 aliphatic heterocycles. The molecule has 0 atom stereocenters. The van der Waals surface area contributed by atoms with Crippen molar-refractivity contribution in [3.63, 3.8) is 0 Å². The van der Waals surface area contributed by atoms with Crippen LogP contribution in [-0.2, 0) is 17.8 Å². The van der Waals surface area contributed by atoms with Crippen molar-refractivity contribution in [2.75, 3.05) is 6.54 Å². The Morgan fingerprint density at radius 3 is 2.46 bits per heavy atom. The minimum absolute atomic E-state index is 0.235. The lowest BCUT2D eigenvalue weighted by Crippen LogP contribution is -2.30. The molecule has 1 fully saturated rings. The molecule has 0 spiro atoms. The van der Waals surface area contributed by atoms with Crippen LogP contribution in [0.4, 0.5) is 4.79 Å². The molecule has 0 N–H and O–H groups in total. The highest BCUT2D eigenvalue weighted by Gasteiger charge is 2.35. The van der Waals surface area contributed by atoms with E-state index in [9.17, 15) is 14.9 Å². The molecule has 5 nitrogen and oxygen atoms in total. The van der Waals surface area contributed by atoms with Crippen LogP contribution in [0, 0.1) is 18.3 Å². The third-order valence-corrected chi connectivity index (χ3v) is 7.27. The topological polar surface area (TPSA) is 66.1 Å². The largest absolute Gasteiger partial charge is 0.340 e. The summed E-state index contributed by atoms with van der Waals surface area (Å²) in [4.78, 5) is 27.6. The van der Waals surface area contributed by atoms with E-state index >= 15 is 0 Å². The number of nitrogens with zero attached hydrogens (tertiary/aromatic N) is 3. The van der Waals surface area contributed by atoms with E-state index in [1.165, 1.54) is 4.90 Å². The lowest BCUT2D eigenvalue weighted by Gasteiger charge is -2.12. The zero-order valence-corrected chi connectivity index (χ0v) is 20.1. The van der Waals surface area contributed by atoms with Crippen LogP contribution in [-0.4, -0.2) is 27.2 Å². The summed E-state index contributed by atoms with van der Waals surface area (Å²) in [6.07, 6.45) is 2.47. The van der Waals surface area contributed by atoms with Crippen molar-refractivity contribution < 1.29 is 9.59 Å². The monoisotopic (exact) mass is 477 g/mol. The Balaban J connectivity index is 1.48. The zero-order chi connectivity index (χ0) is 24.4. The van der Waals surface area contributed by atoms with Gasteiger partial charge in [-0.1, -0.05) is 66.7 Å². The molecule has 172 valence electrons. The van der Waals surface area contributed by atoms with Crippen LogP contribution in [0.2, 0.25) is 0 Å². The van der Waals surface area contributed by atoms with Gasteiger partial charge in [-0.05, 0) is 54.4 Å². The maximum Gasteiger partial charge on any atom is 0.293 e. The molecule has 0 bridgehead atoms. The molecule has 1 aliphatic rings. The molecule has 0 saturated carbocycles. The van der Waals surface area contributed by atoms with Gasteiger partial charge in [0, 0.05) is 35.2 Å². The van der Waals surface area contributed by atoms with Gasteiger partial charge in [0.15, 0.2) is 0 Å². The van der Waals surface area contributed by atoms with Gasteiger partial charge in [-0.15, -0.1) is 0 Å². The first-order chi connectivity index (χ1) is 17.1. The van der Waals surface area contributed by atoms with Gasteiger partial charge in [0.1, 0.15) is 0 Å². The number of hydrogen-bond acceptors (Lipinski definition) is 4. The van der Waals surface area contributed by atoms with E-state index in [-0.39, 0.29) is 11.1 Å². The Bertz CT molecular complexity index is 1510. The minimum atomic E-state index is -0.248. The lowest BCUT2D eigenvalue weighted by atomic mass is 10.1. The molecular weight excluding hydrogens is 454 g/mol. The van der Waals surface area contributed by atoms with Crippen molar-refractivity contribution >= 4 is 39.9 Å². The smallest absolute Gasteiger partial charge is 0.293 e. The predicted octanol–water partition coefficient (Wildman–Crippen LogP) is 6.15. The third kappa shape index (κ3) is 4.39. The van der Waals surface area contributed by atoms with Crippen molar-refractivity contribution in [3.05, 3.63) is 112 Å². The number of rotatable bonds is 6. The number of carbonyl (C=O) groups excluding carboxylic acids is 2. The minimum Gasteiger partial charge on any atom is -0.340 e. The molecule has 1 aromatic heterocycles. The van der Waals surface area contributed by atoms with Crippen molar-refractivity contribution in [1.82, 2.24) is 9.47 Å². The number of thioether (sulfide) groups is 1. The third-order valence-electron chi connectivity index (χ3n) is 6.36. The molecule has 0 radical (unpaired) electrons. The SMILES string of the molecule is Cc1c(/C=C2\SC(=O)N(CCc3ccccc3)C2=O)c2ccccc2n1Cc1ccccc1C#N. The first-order valence-electron chi connectivity index (χ1n) is 11.4. The van der Waals surface area contributed by atoms with E-state index in [0.717, 1.165) is 45.0 Å². The Hall–Kier alpha value is -4.08. The van der Waals surface area contributed by atoms with E-state index in [1.807, 2.05) is 91.9 Å². The van der Waals surface area contributed by atoms with Crippen molar-refractivity contribution in [3.8, 4) is 6.07 Å². The highest BCUT2D eigenvalue weighted by molar-refractivity contribution is 8.18. The van der Waals surface area contributed by atoms with Crippen LogP contribution in [0.5, 0.6) is 0 Å². The molecule has 1 saturated heterocycles. The standard InChI is InChI=1S/C29H23N3O2S/c1-20-25(17-27-28(33)31(29(34)35-27)16-15-21-9-3-2-4-10-21)24-13-7-8-14-26(24)32(20)19-23-12-6-5-11-22(23)18-30/h2-14,17H,15-16,19H2,1H3/b27-17-. The normalized spacial score (nSPS) is 14.7. The van der Waals surface area contributed by atoms with E-state index in [1.54, 1.807) is 0 Å². The second-order valence-corrected chi connectivity index (χ2v) is 9.43. The second kappa shape index (κ2) is 9.65. The summed E-state index contributed by atoms with van der Waals surface area (Å²) >= 11 is 0.995. The van der Waals surface area contributed by atoms with Crippen molar-refractivity contribution in [2.24, 2.45) is 0 Å². The molecular formula is C29H23N3O2S. The summed E-state index contributed by atoms with van der Waals surface area (Å²) in [7, 11) is 0. The number of nitriles is 1. The Morgan fingerprint density at radius 1 is 0.943 bits per heavy atom. The fourth-order valence-corrected chi connectivity index (χ4v) is 5.34. The number of imide groups is 1. The quantitative estimate of drug-likeness (QED) is 0.313. The van der Waals surface area contributed by atoms with Crippen LogP contribution in [0.25, 0.3) is 17.0 Å². The number of benzene rings is 3. The summed E-state index contributed by atoms with van der Waals surface area (Å²) in [6, 6.07) is 27.7. The molecule has 2 heterocycles. The van der Waals surface area contributed by atoms with E-state index in [0.29, 0.717) is 30.0 Å². The van der Waals surface area contributed by atoms with Crippen LogP contribution in [0.15, 0.2) is 83.8 Å². The number of carbonyl (C=O) groups is 2. The number of aromatic nitrogens is 1. The summed E-state index contributed by atoms with van der Waals surface area (Å²) in [5.41, 5.74) is 5.59. The Morgan fingerprint density at radius 2 is 1.66 bits per heavy atom. The Kier molecular flexibility index (Phi) is 6.26. The molecule has 6 heteroatoms. The molecule has 35 heavy (non-hydrogen) atoms. The van der Waals surface area contributed by atoms with Crippen LogP contribution >= 0.6 is 11.8 Å². The number of hydrogen-bond donors (Lipinski definition) is 0. The van der Waals surface area contributed by atoms with Gasteiger partial charge in [0.05, 0.1) is 16.5 Å². The molecule has 2 amide bonds. The summed E-state index contributed by atoms with van der Waals surface area (Å²) in [6.45, 7) is 2.92. The average molecular weight is 478 g/mol. The van der Waals surface area contributed by atoms with E-state index < -0.39 is 0 Å². The molecule has 0 unspecified atom stereocenters. The first kappa shape index (κ1) is 22.7. The van der Waals surface area contributed by atoms with Crippen LogP contribution in [0.1, 0.15) is 27.9 Å². The van der Waals surface area contributed by atoms with Gasteiger partial charge >= 0.3 is 0 Å². The maximum absolute atomic E-state index is 13.1.